The maximum atomic E-state index is 5.76. The van der Waals surface area contributed by atoms with Crippen LogP contribution in [0.25, 0.3) is 11.5 Å². The second kappa shape index (κ2) is 7.75. The number of nitrogens with zero attached hydrogens (tertiary/aromatic N) is 4. The molecular weight excluding hydrogens is 358 g/mol. The van der Waals surface area contributed by atoms with E-state index < -0.39 is 0 Å². The van der Waals surface area contributed by atoms with Crippen LogP contribution in [0.2, 0.25) is 0 Å². The molecule has 2 aromatic carbocycles. The minimum Gasteiger partial charge on any atom is -0.481 e. The molecule has 0 atom stereocenters. The molecule has 1 N–H and O–H groups in total. The number of methoxy groups -OCH3 is 1. The number of aryl methyl sites for hydroxylation is 1. The molecule has 2 heterocycles. The van der Waals surface area contributed by atoms with E-state index in [1.807, 2.05) is 43.3 Å². The molecule has 28 heavy (non-hydrogen) atoms. The Morgan fingerprint density at radius 1 is 0.929 bits per heavy atom. The lowest BCUT2D eigenvalue weighted by Gasteiger charge is -2.06. The Bertz CT molecular complexity index is 1100. The van der Waals surface area contributed by atoms with Crippen molar-refractivity contribution in [2.75, 3.05) is 12.4 Å². The van der Waals surface area contributed by atoms with Crippen molar-refractivity contribution in [3.8, 4) is 29.0 Å². The molecular formula is C20H17N5O3. The van der Waals surface area contributed by atoms with E-state index in [4.69, 9.17) is 13.9 Å². The predicted octanol–water partition coefficient (Wildman–Crippen LogP) is 4.38. The summed E-state index contributed by atoms with van der Waals surface area (Å²) in [5.41, 5.74) is 2.74. The van der Waals surface area contributed by atoms with E-state index in [1.165, 1.54) is 13.4 Å². The Morgan fingerprint density at radius 3 is 2.64 bits per heavy atom. The third kappa shape index (κ3) is 4.07. The fourth-order valence-electron chi connectivity index (χ4n) is 2.54. The monoisotopic (exact) mass is 375 g/mol. The van der Waals surface area contributed by atoms with Crippen molar-refractivity contribution in [1.29, 1.82) is 0 Å². The Balaban J connectivity index is 1.52. The predicted molar refractivity (Wildman–Crippen MR) is 103 cm³/mol. The third-order valence-electron chi connectivity index (χ3n) is 3.82. The first-order valence-corrected chi connectivity index (χ1v) is 8.51. The van der Waals surface area contributed by atoms with Gasteiger partial charge in [-0.05, 0) is 42.8 Å². The number of rotatable bonds is 6. The minimum atomic E-state index is 0.312. The quantitative estimate of drug-likeness (QED) is 0.530. The normalized spacial score (nSPS) is 10.5. The molecule has 0 spiro atoms. The molecule has 0 fully saturated rings. The van der Waals surface area contributed by atoms with Crippen LogP contribution >= 0.6 is 0 Å². The lowest BCUT2D eigenvalue weighted by Crippen LogP contribution is -1.92. The molecule has 0 radical (unpaired) electrons. The molecule has 0 unspecified atom stereocenters. The van der Waals surface area contributed by atoms with Crippen LogP contribution in [-0.2, 0) is 0 Å². The zero-order valence-electron chi connectivity index (χ0n) is 15.3. The van der Waals surface area contributed by atoms with Crippen LogP contribution in [0.4, 0.5) is 11.7 Å². The zero-order valence-corrected chi connectivity index (χ0v) is 15.3. The van der Waals surface area contributed by atoms with Gasteiger partial charge in [0.15, 0.2) is 0 Å². The van der Waals surface area contributed by atoms with Gasteiger partial charge in [0.05, 0.1) is 13.2 Å². The van der Waals surface area contributed by atoms with Gasteiger partial charge in [-0.25, -0.2) is 9.97 Å². The summed E-state index contributed by atoms with van der Waals surface area (Å²) in [5, 5.41) is 11.2. The maximum absolute atomic E-state index is 5.76. The van der Waals surface area contributed by atoms with Gasteiger partial charge in [0.1, 0.15) is 12.1 Å². The first-order chi connectivity index (χ1) is 13.7. The third-order valence-corrected chi connectivity index (χ3v) is 3.82. The summed E-state index contributed by atoms with van der Waals surface area (Å²) in [7, 11) is 1.53. The molecule has 0 aliphatic heterocycles. The molecule has 0 bridgehead atoms. The number of ether oxygens (including phenoxy) is 2. The Kier molecular flexibility index (Phi) is 4.83. The van der Waals surface area contributed by atoms with Crippen molar-refractivity contribution in [3.05, 3.63) is 66.5 Å². The highest BCUT2D eigenvalue weighted by molar-refractivity contribution is 5.58. The summed E-state index contributed by atoms with van der Waals surface area (Å²) >= 11 is 0. The zero-order chi connectivity index (χ0) is 19.3. The number of hydrogen-bond acceptors (Lipinski definition) is 8. The largest absolute Gasteiger partial charge is 0.481 e. The van der Waals surface area contributed by atoms with Crippen LogP contribution in [0.1, 0.15) is 5.56 Å². The first kappa shape index (κ1) is 17.5. The van der Waals surface area contributed by atoms with Crippen LogP contribution < -0.4 is 14.8 Å². The average molecular weight is 375 g/mol. The van der Waals surface area contributed by atoms with E-state index in [-0.39, 0.29) is 0 Å². The molecule has 0 saturated heterocycles. The Hall–Kier alpha value is -3.94. The minimum absolute atomic E-state index is 0.312. The smallest absolute Gasteiger partial charge is 0.320 e. The second-order valence-electron chi connectivity index (χ2n) is 5.94. The highest BCUT2D eigenvalue weighted by atomic mass is 16.5. The number of anilines is 2. The van der Waals surface area contributed by atoms with Crippen molar-refractivity contribution >= 4 is 11.7 Å². The van der Waals surface area contributed by atoms with Crippen LogP contribution in [0.3, 0.4) is 0 Å². The van der Waals surface area contributed by atoms with E-state index in [1.54, 1.807) is 18.2 Å². The van der Waals surface area contributed by atoms with Gasteiger partial charge in [-0.1, -0.05) is 23.3 Å². The highest BCUT2D eigenvalue weighted by Gasteiger charge is 2.11. The molecule has 140 valence electrons. The topological polar surface area (TPSA) is 95.2 Å². The Morgan fingerprint density at radius 2 is 1.79 bits per heavy atom. The van der Waals surface area contributed by atoms with Gasteiger partial charge in [-0.2, -0.15) is 0 Å². The number of nitrogens with one attached hydrogen (secondary N) is 1. The van der Waals surface area contributed by atoms with E-state index in [2.05, 4.69) is 25.5 Å². The lowest BCUT2D eigenvalue weighted by atomic mass is 10.2. The van der Waals surface area contributed by atoms with Gasteiger partial charge in [-0.15, -0.1) is 5.10 Å². The number of benzene rings is 2. The van der Waals surface area contributed by atoms with Gasteiger partial charge in [-0.3, -0.25) is 0 Å². The van der Waals surface area contributed by atoms with Crippen LogP contribution in [0, 0.1) is 6.92 Å². The Labute approximate surface area is 161 Å². The molecule has 8 nitrogen and oxygen atoms in total. The maximum Gasteiger partial charge on any atom is 0.320 e. The summed E-state index contributed by atoms with van der Waals surface area (Å²) in [6, 6.07) is 17.1. The second-order valence-corrected chi connectivity index (χ2v) is 5.94. The van der Waals surface area contributed by atoms with Gasteiger partial charge < -0.3 is 19.2 Å². The van der Waals surface area contributed by atoms with Crippen molar-refractivity contribution in [2.24, 2.45) is 0 Å². The van der Waals surface area contributed by atoms with E-state index in [0.717, 1.165) is 16.8 Å². The van der Waals surface area contributed by atoms with Gasteiger partial charge in [0.2, 0.25) is 17.7 Å². The molecule has 0 saturated carbocycles. The van der Waals surface area contributed by atoms with Crippen molar-refractivity contribution < 1.29 is 13.9 Å². The lowest BCUT2D eigenvalue weighted by molar-refractivity contribution is 0.388. The fourth-order valence-corrected chi connectivity index (χ4v) is 2.54. The summed E-state index contributed by atoms with van der Waals surface area (Å²) in [4.78, 5) is 8.02. The van der Waals surface area contributed by atoms with Gasteiger partial charge in [0, 0.05) is 11.3 Å². The van der Waals surface area contributed by atoms with Crippen LogP contribution in [0.15, 0.2) is 65.3 Å². The van der Waals surface area contributed by atoms with Crippen molar-refractivity contribution in [2.45, 2.75) is 6.92 Å². The average Bonchev–Trinajstić information content (AvgIpc) is 3.17. The van der Waals surface area contributed by atoms with E-state index >= 15 is 0 Å². The van der Waals surface area contributed by atoms with E-state index in [0.29, 0.717) is 29.4 Å². The summed E-state index contributed by atoms with van der Waals surface area (Å²) < 4.78 is 16.6. The van der Waals surface area contributed by atoms with Gasteiger partial charge >= 0.3 is 6.01 Å². The standard InChI is InChI=1S/C20H17N5O3/c1-13-5-3-7-15(9-13)23-20-25-24-19(28-20)14-6-4-8-16(10-14)27-18-11-17(26-2)21-12-22-18/h3-12H,1-2H3,(H,23,25). The number of hydrogen-bond donors (Lipinski definition) is 1. The SMILES string of the molecule is COc1cc(Oc2cccc(-c3nnc(Nc4cccc(C)c4)o3)c2)ncn1. The summed E-state index contributed by atoms with van der Waals surface area (Å²) in [5.74, 6) is 1.74. The molecule has 2 aromatic heterocycles. The van der Waals surface area contributed by atoms with Crippen LogP contribution in [0.5, 0.6) is 17.5 Å². The van der Waals surface area contributed by atoms with Crippen molar-refractivity contribution in [3.63, 3.8) is 0 Å². The molecule has 4 rings (SSSR count). The summed E-state index contributed by atoms with van der Waals surface area (Å²) in [6.45, 7) is 2.02. The number of aromatic nitrogens is 4. The molecule has 8 heteroatoms. The van der Waals surface area contributed by atoms with Crippen LogP contribution in [-0.4, -0.2) is 27.3 Å². The van der Waals surface area contributed by atoms with Gasteiger partial charge in [0.25, 0.3) is 0 Å². The highest BCUT2D eigenvalue weighted by Crippen LogP contribution is 2.28. The molecule has 4 aromatic rings. The first-order valence-electron chi connectivity index (χ1n) is 8.51. The van der Waals surface area contributed by atoms with E-state index in [9.17, 15) is 0 Å². The molecule has 0 aliphatic rings. The molecule has 0 aliphatic carbocycles. The van der Waals surface area contributed by atoms with Crippen molar-refractivity contribution in [1.82, 2.24) is 20.2 Å². The fraction of sp³-hybridized carbons (Fsp3) is 0.100. The molecule has 0 amide bonds. The summed E-state index contributed by atoms with van der Waals surface area (Å²) in [6.07, 6.45) is 1.37.